The van der Waals surface area contributed by atoms with Gasteiger partial charge in [0.15, 0.2) is 0 Å². The lowest BCUT2D eigenvalue weighted by Crippen LogP contribution is -2.27. The van der Waals surface area contributed by atoms with Gasteiger partial charge in [-0.25, -0.2) is 4.79 Å². The van der Waals surface area contributed by atoms with Crippen LogP contribution in [-0.4, -0.2) is 42.8 Å². The third-order valence-corrected chi connectivity index (χ3v) is 5.13. The predicted octanol–water partition coefficient (Wildman–Crippen LogP) is 4.42. The van der Waals surface area contributed by atoms with Crippen molar-refractivity contribution in [1.29, 1.82) is 0 Å². The summed E-state index contributed by atoms with van der Waals surface area (Å²) in [5.41, 5.74) is 2.38. The molecule has 0 radical (unpaired) electrons. The highest BCUT2D eigenvalue weighted by Gasteiger charge is 2.39. The van der Waals surface area contributed by atoms with E-state index in [1.807, 2.05) is 63.2 Å². The van der Waals surface area contributed by atoms with Crippen molar-refractivity contribution < 1.29 is 19.1 Å². The Kier molecular flexibility index (Phi) is 6.77. The Morgan fingerprint density at radius 3 is 2.30 bits per heavy atom. The number of carbonyl (C=O) groups excluding carboxylic acids is 2. The molecular formula is C24H30N2O4. The Hall–Kier alpha value is -2.86. The number of nitrogens with one attached hydrogen (secondary N) is 1. The molecule has 1 fully saturated rings. The topological polar surface area (TPSA) is 67.9 Å². The number of rotatable bonds is 5. The van der Waals surface area contributed by atoms with Crippen LogP contribution in [0, 0.1) is 5.92 Å². The number of amides is 1. The van der Waals surface area contributed by atoms with Crippen molar-refractivity contribution in [1.82, 2.24) is 4.90 Å². The summed E-state index contributed by atoms with van der Waals surface area (Å²) >= 11 is 0. The molecule has 0 aliphatic carbocycles. The van der Waals surface area contributed by atoms with Crippen LogP contribution in [0.5, 0.6) is 0 Å². The minimum atomic E-state index is -0.552. The fraction of sp³-hybridized carbons (Fsp3) is 0.417. The van der Waals surface area contributed by atoms with Crippen LogP contribution in [0.1, 0.15) is 37.8 Å². The molecule has 2 atom stereocenters. The molecule has 0 bridgehead atoms. The zero-order valence-corrected chi connectivity index (χ0v) is 18.1. The molecule has 1 amide bonds. The zero-order chi connectivity index (χ0) is 21.7. The summed E-state index contributed by atoms with van der Waals surface area (Å²) in [6.45, 7) is 7.69. The Bertz CT molecular complexity index is 859. The first-order chi connectivity index (χ1) is 14.2. The minimum Gasteiger partial charge on any atom is -0.469 e. The molecule has 30 heavy (non-hydrogen) atoms. The monoisotopic (exact) mass is 410 g/mol. The van der Waals surface area contributed by atoms with Gasteiger partial charge in [-0.15, -0.1) is 0 Å². The molecule has 160 valence electrons. The molecule has 1 aliphatic rings. The van der Waals surface area contributed by atoms with Gasteiger partial charge >= 0.3 is 12.1 Å². The number of ether oxygens (including phenoxy) is 2. The third-order valence-electron chi connectivity index (χ3n) is 5.13. The van der Waals surface area contributed by atoms with Gasteiger partial charge in [-0.2, -0.15) is 0 Å². The number of likely N-dealkylation sites (tertiary alicyclic amines) is 1. The zero-order valence-electron chi connectivity index (χ0n) is 18.1. The quantitative estimate of drug-likeness (QED) is 0.739. The minimum absolute atomic E-state index is 0.0386. The molecule has 0 spiro atoms. The molecule has 3 rings (SSSR count). The largest absolute Gasteiger partial charge is 0.469 e. The molecule has 0 aromatic heterocycles. The molecule has 1 aliphatic heterocycles. The van der Waals surface area contributed by atoms with E-state index >= 15 is 0 Å². The van der Waals surface area contributed by atoms with E-state index < -0.39 is 11.7 Å². The lowest BCUT2D eigenvalue weighted by molar-refractivity contribution is -0.145. The number of benzene rings is 2. The molecule has 0 saturated carbocycles. The molecule has 2 aromatic rings. The Morgan fingerprint density at radius 1 is 1.03 bits per heavy atom. The van der Waals surface area contributed by atoms with E-state index in [0.29, 0.717) is 12.2 Å². The number of hydrogen-bond donors (Lipinski definition) is 1. The molecule has 1 N–H and O–H groups in total. The lowest BCUT2D eigenvalue weighted by Gasteiger charge is -2.20. The summed E-state index contributed by atoms with van der Waals surface area (Å²) in [6, 6.07) is 17.8. The van der Waals surface area contributed by atoms with E-state index in [2.05, 4.69) is 22.3 Å². The molecule has 0 unspecified atom stereocenters. The van der Waals surface area contributed by atoms with Crippen LogP contribution in [0.2, 0.25) is 0 Å². The van der Waals surface area contributed by atoms with Gasteiger partial charge in [0, 0.05) is 31.2 Å². The molecule has 6 nitrogen and oxygen atoms in total. The van der Waals surface area contributed by atoms with Gasteiger partial charge in [0.1, 0.15) is 5.60 Å². The molecule has 1 heterocycles. The van der Waals surface area contributed by atoms with Crippen LogP contribution in [0.4, 0.5) is 10.5 Å². The van der Waals surface area contributed by atoms with Crippen LogP contribution >= 0.6 is 0 Å². The highest BCUT2D eigenvalue weighted by molar-refractivity contribution is 5.84. The summed E-state index contributed by atoms with van der Waals surface area (Å²) in [7, 11) is 1.44. The van der Waals surface area contributed by atoms with Crippen molar-refractivity contribution >= 4 is 17.7 Å². The number of carbonyl (C=O) groups is 2. The smallest absolute Gasteiger partial charge is 0.412 e. The van der Waals surface area contributed by atoms with Gasteiger partial charge < -0.3 is 9.47 Å². The summed E-state index contributed by atoms with van der Waals surface area (Å²) in [5, 5.41) is 2.74. The maximum absolute atomic E-state index is 12.4. The van der Waals surface area contributed by atoms with Gasteiger partial charge in [0.25, 0.3) is 0 Å². The van der Waals surface area contributed by atoms with E-state index in [-0.39, 0.29) is 17.8 Å². The first kappa shape index (κ1) is 21.8. The van der Waals surface area contributed by atoms with Crippen molar-refractivity contribution in [3.63, 3.8) is 0 Å². The maximum Gasteiger partial charge on any atom is 0.412 e. The second kappa shape index (κ2) is 9.30. The first-order valence-electron chi connectivity index (χ1n) is 10.2. The summed E-state index contributed by atoms with van der Waals surface area (Å²) in [6.07, 6.45) is -0.488. The average molecular weight is 411 g/mol. The Balaban J connectivity index is 1.70. The normalized spacial score (nSPS) is 19.3. The van der Waals surface area contributed by atoms with Crippen molar-refractivity contribution in [2.75, 3.05) is 25.5 Å². The van der Waals surface area contributed by atoms with Gasteiger partial charge in [0.2, 0.25) is 0 Å². The SMILES string of the molecule is COC(=O)[C@@H]1CN(Cc2ccccc2)C[C@@H]1c1ccc(NC(=O)OC(C)(C)C)cc1. The van der Waals surface area contributed by atoms with Gasteiger partial charge in [-0.1, -0.05) is 42.5 Å². The van der Waals surface area contributed by atoms with E-state index in [0.717, 1.165) is 18.7 Å². The number of methoxy groups -OCH3 is 1. The summed E-state index contributed by atoms with van der Waals surface area (Å²) in [5.74, 6) is -0.369. The average Bonchev–Trinajstić information content (AvgIpc) is 3.11. The van der Waals surface area contributed by atoms with Gasteiger partial charge in [-0.3, -0.25) is 15.0 Å². The van der Waals surface area contributed by atoms with Crippen LogP contribution in [0.15, 0.2) is 54.6 Å². The number of anilines is 1. The first-order valence-corrected chi connectivity index (χ1v) is 10.2. The standard InChI is InChI=1S/C24H30N2O4/c1-24(2,3)30-23(28)25-19-12-10-18(11-13-19)20-15-26(16-21(20)22(27)29-4)14-17-8-6-5-7-9-17/h5-13,20-21H,14-16H2,1-4H3,(H,25,28)/t20-,21-/m1/s1. The summed E-state index contributed by atoms with van der Waals surface area (Å²) < 4.78 is 10.4. The second-order valence-electron chi connectivity index (χ2n) is 8.66. The second-order valence-corrected chi connectivity index (χ2v) is 8.66. The molecule has 6 heteroatoms. The molecular weight excluding hydrogens is 380 g/mol. The van der Waals surface area contributed by atoms with Crippen LogP contribution in [-0.2, 0) is 20.8 Å². The fourth-order valence-corrected chi connectivity index (χ4v) is 3.82. The fourth-order valence-electron chi connectivity index (χ4n) is 3.82. The highest BCUT2D eigenvalue weighted by atomic mass is 16.6. The van der Waals surface area contributed by atoms with Crippen molar-refractivity contribution in [3.8, 4) is 0 Å². The number of hydrogen-bond acceptors (Lipinski definition) is 5. The van der Waals surface area contributed by atoms with Crippen LogP contribution in [0.3, 0.4) is 0 Å². The molecule has 2 aromatic carbocycles. The van der Waals surface area contributed by atoms with Crippen molar-refractivity contribution in [2.45, 2.75) is 38.8 Å². The van der Waals surface area contributed by atoms with E-state index in [4.69, 9.17) is 9.47 Å². The highest BCUT2D eigenvalue weighted by Crippen LogP contribution is 2.35. The number of nitrogens with zero attached hydrogens (tertiary/aromatic N) is 1. The summed E-state index contributed by atoms with van der Waals surface area (Å²) in [4.78, 5) is 26.7. The van der Waals surface area contributed by atoms with E-state index in [1.54, 1.807) is 0 Å². The number of esters is 1. The van der Waals surface area contributed by atoms with Crippen LogP contribution in [0.25, 0.3) is 0 Å². The Labute approximate surface area is 178 Å². The maximum atomic E-state index is 12.4. The van der Waals surface area contributed by atoms with Gasteiger partial charge in [0.05, 0.1) is 13.0 Å². The molecule has 1 saturated heterocycles. The van der Waals surface area contributed by atoms with Crippen molar-refractivity contribution in [3.05, 3.63) is 65.7 Å². The van der Waals surface area contributed by atoms with E-state index in [1.165, 1.54) is 12.7 Å². The third kappa shape index (κ3) is 5.83. The van der Waals surface area contributed by atoms with E-state index in [9.17, 15) is 9.59 Å². The lowest BCUT2D eigenvalue weighted by atomic mass is 9.89. The predicted molar refractivity (Wildman–Crippen MR) is 116 cm³/mol. The van der Waals surface area contributed by atoms with Gasteiger partial charge in [-0.05, 0) is 44.0 Å². The van der Waals surface area contributed by atoms with Crippen molar-refractivity contribution in [2.24, 2.45) is 5.92 Å². The Morgan fingerprint density at radius 2 is 1.70 bits per heavy atom. The van der Waals surface area contributed by atoms with Crippen LogP contribution < -0.4 is 5.32 Å².